The van der Waals surface area contributed by atoms with Crippen LogP contribution in [0.5, 0.6) is 0 Å². The molecule has 3 nitrogen and oxygen atoms in total. The number of rotatable bonds is 1. The summed E-state index contributed by atoms with van der Waals surface area (Å²) < 4.78 is 1.74. The number of nitrogens with zero attached hydrogens (tertiary/aromatic N) is 1. The van der Waals surface area contributed by atoms with Gasteiger partial charge in [0.1, 0.15) is 0 Å². The first-order valence-corrected chi connectivity index (χ1v) is 4.73. The van der Waals surface area contributed by atoms with Crippen molar-refractivity contribution < 1.29 is 4.68 Å². The number of nitrogens with one attached hydrogen (secondary N) is 1. The molecule has 66 valence electrons. The summed E-state index contributed by atoms with van der Waals surface area (Å²) in [5.41, 5.74) is 1.06. The zero-order chi connectivity index (χ0) is 9.26. The molecule has 1 aromatic heterocycles. The van der Waals surface area contributed by atoms with E-state index in [2.05, 4.69) is 5.10 Å². The molecule has 13 heavy (non-hydrogen) atoms. The standard InChI is InChI=1S/C9H8N2OS/c1-11-8(13-9(12)10-11)7-5-3-2-4-6-7/h2-6H,1H3/p+1. The molecule has 2 aromatic rings. The van der Waals surface area contributed by atoms with Crippen molar-refractivity contribution in [1.82, 2.24) is 5.10 Å². The second-order valence-corrected chi connectivity index (χ2v) is 3.69. The van der Waals surface area contributed by atoms with Crippen molar-refractivity contribution >= 4 is 11.3 Å². The van der Waals surface area contributed by atoms with Crippen LogP contribution in [0, 0.1) is 0 Å². The van der Waals surface area contributed by atoms with E-state index in [-0.39, 0.29) is 4.87 Å². The first-order chi connectivity index (χ1) is 6.27. The smallest absolute Gasteiger partial charge is 0.251 e. The van der Waals surface area contributed by atoms with Gasteiger partial charge in [0, 0.05) is 0 Å². The molecule has 0 aliphatic heterocycles. The Morgan fingerprint density at radius 1 is 1.31 bits per heavy atom. The van der Waals surface area contributed by atoms with E-state index in [1.807, 2.05) is 37.4 Å². The van der Waals surface area contributed by atoms with Gasteiger partial charge in [-0.2, -0.15) is 0 Å². The molecule has 1 aromatic carbocycles. The molecule has 0 saturated heterocycles. The van der Waals surface area contributed by atoms with E-state index in [4.69, 9.17) is 0 Å². The molecule has 2 rings (SSSR count). The third kappa shape index (κ3) is 1.53. The Kier molecular flexibility index (Phi) is 1.98. The molecule has 0 bridgehead atoms. The lowest BCUT2D eigenvalue weighted by atomic mass is 10.2. The number of hydrogen-bond acceptors (Lipinski definition) is 2. The summed E-state index contributed by atoms with van der Waals surface area (Å²) in [5, 5.41) is 3.64. The largest absolute Gasteiger partial charge is 0.359 e. The maximum atomic E-state index is 11.0. The van der Waals surface area contributed by atoms with Gasteiger partial charge in [-0.05, 0) is 23.5 Å². The van der Waals surface area contributed by atoms with Crippen molar-refractivity contribution in [3.05, 3.63) is 40.0 Å². The average molecular weight is 193 g/mol. The summed E-state index contributed by atoms with van der Waals surface area (Å²) in [6.45, 7) is 0. The number of aryl methyl sites for hydroxylation is 1. The minimum atomic E-state index is -0.0265. The van der Waals surface area contributed by atoms with Gasteiger partial charge in [-0.15, -0.1) is 5.10 Å². The van der Waals surface area contributed by atoms with Gasteiger partial charge in [0.15, 0.2) is 7.05 Å². The summed E-state index contributed by atoms with van der Waals surface area (Å²) in [6.07, 6.45) is 0. The monoisotopic (exact) mass is 193 g/mol. The van der Waals surface area contributed by atoms with Crippen molar-refractivity contribution in [3.63, 3.8) is 0 Å². The number of aromatic nitrogens is 2. The van der Waals surface area contributed by atoms with E-state index >= 15 is 0 Å². The summed E-state index contributed by atoms with van der Waals surface area (Å²) in [4.78, 5) is 11.0. The average Bonchev–Trinajstić information content (AvgIpc) is 2.47. The van der Waals surface area contributed by atoms with Gasteiger partial charge in [0.25, 0.3) is 5.01 Å². The highest BCUT2D eigenvalue weighted by Gasteiger charge is 2.13. The first kappa shape index (κ1) is 8.19. The quantitative estimate of drug-likeness (QED) is 0.672. The molecule has 0 atom stereocenters. The van der Waals surface area contributed by atoms with Gasteiger partial charge in [-0.3, -0.25) is 4.79 Å². The van der Waals surface area contributed by atoms with E-state index in [9.17, 15) is 4.79 Å². The third-order valence-corrected chi connectivity index (χ3v) is 2.75. The van der Waals surface area contributed by atoms with Gasteiger partial charge in [0.05, 0.1) is 5.56 Å². The van der Waals surface area contributed by atoms with Gasteiger partial charge >= 0.3 is 4.87 Å². The van der Waals surface area contributed by atoms with Crippen molar-refractivity contribution in [2.45, 2.75) is 0 Å². The van der Waals surface area contributed by atoms with Crippen molar-refractivity contribution in [2.75, 3.05) is 0 Å². The van der Waals surface area contributed by atoms with Crippen LogP contribution in [0.4, 0.5) is 0 Å². The van der Waals surface area contributed by atoms with Crippen molar-refractivity contribution in [3.8, 4) is 10.6 Å². The van der Waals surface area contributed by atoms with Crippen LogP contribution in [-0.2, 0) is 7.05 Å². The first-order valence-electron chi connectivity index (χ1n) is 3.92. The Morgan fingerprint density at radius 3 is 2.54 bits per heavy atom. The summed E-state index contributed by atoms with van der Waals surface area (Å²) in [7, 11) is 1.83. The number of aromatic amines is 1. The van der Waals surface area contributed by atoms with Gasteiger partial charge in [-0.25, -0.2) is 0 Å². The van der Waals surface area contributed by atoms with Crippen LogP contribution < -0.4 is 9.55 Å². The van der Waals surface area contributed by atoms with Gasteiger partial charge < -0.3 is 0 Å². The highest BCUT2D eigenvalue weighted by molar-refractivity contribution is 7.12. The molecule has 1 heterocycles. The highest BCUT2D eigenvalue weighted by Crippen LogP contribution is 2.15. The lowest BCUT2D eigenvalue weighted by Crippen LogP contribution is -2.33. The summed E-state index contributed by atoms with van der Waals surface area (Å²) >= 11 is 1.22. The highest BCUT2D eigenvalue weighted by atomic mass is 32.1. The molecule has 1 N–H and O–H groups in total. The van der Waals surface area contributed by atoms with Crippen LogP contribution in [0.25, 0.3) is 10.6 Å². The zero-order valence-electron chi connectivity index (χ0n) is 7.15. The molecule has 0 unspecified atom stereocenters. The number of benzene rings is 1. The fraction of sp³-hybridized carbons (Fsp3) is 0.111. The lowest BCUT2D eigenvalue weighted by molar-refractivity contribution is -0.716. The Hall–Kier alpha value is -1.42. The molecule has 0 amide bonds. The maximum absolute atomic E-state index is 11.0. The fourth-order valence-electron chi connectivity index (χ4n) is 1.20. The Balaban J connectivity index is 2.59. The minimum Gasteiger partial charge on any atom is -0.251 e. The second-order valence-electron chi connectivity index (χ2n) is 2.73. The van der Waals surface area contributed by atoms with E-state index in [0.29, 0.717) is 0 Å². The minimum absolute atomic E-state index is 0.0265. The lowest BCUT2D eigenvalue weighted by Gasteiger charge is -1.89. The maximum Gasteiger partial charge on any atom is 0.359 e. The second kappa shape index (κ2) is 3.14. The van der Waals surface area contributed by atoms with Gasteiger partial charge in [-0.1, -0.05) is 22.9 Å². The number of H-pyrrole nitrogens is 1. The normalized spacial score (nSPS) is 10.2. The van der Waals surface area contributed by atoms with Crippen LogP contribution in [-0.4, -0.2) is 5.10 Å². The topological polar surface area (TPSA) is 36.7 Å². The molecule has 0 aliphatic carbocycles. The Labute approximate surface area is 79.3 Å². The SMILES string of the molecule is C[n+]1[nH]c(=O)sc1-c1ccccc1. The van der Waals surface area contributed by atoms with Crippen LogP contribution in [0.15, 0.2) is 35.1 Å². The summed E-state index contributed by atoms with van der Waals surface area (Å²) in [6, 6.07) is 9.84. The molecule has 0 radical (unpaired) electrons. The van der Waals surface area contributed by atoms with Crippen LogP contribution >= 0.6 is 11.3 Å². The van der Waals surface area contributed by atoms with E-state index in [1.54, 1.807) is 4.68 Å². The predicted molar refractivity (Wildman–Crippen MR) is 51.6 cm³/mol. The molecule has 0 aliphatic rings. The fourth-order valence-corrected chi connectivity index (χ4v) is 1.99. The van der Waals surface area contributed by atoms with Crippen LogP contribution in [0.2, 0.25) is 0 Å². The van der Waals surface area contributed by atoms with E-state index in [1.165, 1.54) is 11.3 Å². The number of hydrogen-bond donors (Lipinski definition) is 1. The van der Waals surface area contributed by atoms with Crippen LogP contribution in [0.1, 0.15) is 0 Å². The van der Waals surface area contributed by atoms with E-state index in [0.717, 1.165) is 10.6 Å². The Morgan fingerprint density at radius 2 is 2.00 bits per heavy atom. The molecule has 4 heteroatoms. The van der Waals surface area contributed by atoms with Gasteiger partial charge in [0.2, 0.25) is 0 Å². The molecular formula is C9H9N2OS+. The predicted octanol–water partition coefficient (Wildman–Crippen LogP) is 0.928. The van der Waals surface area contributed by atoms with Crippen molar-refractivity contribution in [2.24, 2.45) is 7.05 Å². The molecule has 0 fully saturated rings. The molecular weight excluding hydrogens is 184 g/mol. The van der Waals surface area contributed by atoms with Crippen LogP contribution in [0.3, 0.4) is 0 Å². The Bertz CT molecular complexity index is 458. The molecule has 0 saturated carbocycles. The molecule has 0 spiro atoms. The van der Waals surface area contributed by atoms with E-state index < -0.39 is 0 Å². The zero-order valence-corrected chi connectivity index (χ0v) is 7.97. The van der Waals surface area contributed by atoms with Crippen molar-refractivity contribution in [1.29, 1.82) is 0 Å². The third-order valence-electron chi connectivity index (χ3n) is 1.77. The summed E-state index contributed by atoms with van der Waals surface area (Å²) in [5.74, 6) is 0.